The molecule has 0 aliphatic heterocycles. The number of H-pyrrole nitrogens is 1. The molecule has 0 spiro atoms. The maximum atomic E-state index is 13.2. The molecule has 4 rings (SSSR count). The lowest BCUT2D eigenvalue weighted by atomic mass is 9.78. The van der Waals surface area contributed by atoms with E-state index in [2.05, 4.69) is 5.10 Å². The first-order chi connectivity index (χ1) is 13.8. The molecule has 1 N–H and O–H groups in total. The van der Waals surface area contributed by atoms with Crippen molar-refractivity contribution in [3.05, 3.63) is 93.7 Å². The first-order valence-electron chi connectivity index (χ1n) is 9.24. The number of hydrogen-bond donors (Lipinski definition) is 1. The third-order valence-electron chi connectivity index (χ3n) is 5.39. The molecule has 29 heavy (non-hydrogen) atoms. The van der Waals surface area contributed by atoms with Gasteiger partial charge in [-0.25, -0.2) is 9.07 Å². The molecule has 0 amide bonds. The van der Waals surface area contributed by atoms with Crippen molar-refractivity contribution < 1.29 is 14.0 Å². The first-order valence-corrected chi connectivity index (χ1v) is 9.24. The molecule has 2 aromatic carbocycles. The van der Waals surface area contributed by atoms with Gasteiger partial charge in [0.2, 0.25) is 0 Å². The molecule has 1 heterocycles. The topological polar surface area (TPSA) is 71.9 Å². The third kappa shape index (κ3) is 3.06. The van der Waals surface area contributed by atoms with Gasteiger partial charge in [0, 0.05) is 11.3 Å². The number of benzene rings is 2. The van der Waals surface area contributed by atoms with E-state index in [1.807, 2.05) is 6.07 Å². The maximum Gasteiger partial charge on any atom is 0.279 e. The Bertz CT molecular complexity index is 1200. The SMILES string of the molecule is Cc1[nH]n(-c2ccccc2)c(=O)c1C1=CC(=O)[C@@](C)(Cc2ccc(F)cc2)C1=O. The van der Waals surface area contributed by atoms with Crippen molar-refractivity contribution in [2.24, 2.45) is 5.41 Å². The van der Waals surface area contributed by atoms with Crippen molar-refractivity contribution in [2.45, 2.75) is 20.3 Å². The number of nitrogens with zero attached hydrogens (tertiary/aromatic N) is 1. The summed E-state index contributed by atoms with van der Waals surface area (Å²) in [5, 5.41) is 2.98. The fourth-order valence-corrected chi connectivity index (χ4v) is 3.75. The molecule has 5 nitrogen and oxygen atoms in total. The maximum absolute atomic E-state index is 13.2. The third-order valence-corrected chi connectivity index (χ3v) is 5.39. The highest BCUT2D eigenvalue weighted by Crippen LogP contribution is 2.38. The number of rotatable bonds is 4. The number of nitrogens with one attached hydrogen (secondary N) is 1. The zero-order valence-corrected chi connectivity index (χ0v) is 16.0. The molecule has 0 fully saturated rings. The van der Waals surface area contributed by atoms with E-state index in [4.69, 9.17) is 0 Å². The van der Waals surface area contributed by atoms with Gasteiger partial charge in [-0.3, -0.25) is 19.5 Å². The monoisotopic (exact) mass is 390 g/mol. The zero-order chi connectivity index (χ0) is 20.8. The van der Waals surface area contributed by atoms with E-state index < -0.39 is 11.2 Å². The van der Waals surface area contributed by atoms with Gasteiger partial charge in [-0.15, -0.1) is 0 Å². The molecule has 0 saturated heterocycles. The summed E-state index contributed by atoms with van der Waals surface area (Å²) >= 11 is 0. The Morgan fingerprint density at radius 3 is 2.31 bits per heavy atom. The summed E-state index contributed by atoms with van der Waals surface area (Å²) in [6, 6.07) is 14.7. The number of hydrogen-bond acceptors (Lipinski definition) is 3. The number of aromatic amines is 1. The van der Waals surface area contributed by atoms with Gasteiger partial charge in [0.25, 0.3) is 5.56 Å². The van der Waals surface area contributed by atoms with Crippen LogP contribution in [0.2, 0.25) is 0 Å². The normalized spacial score (nSPS) is 18.9. The Morgan fingerprint density at radius 2 is 1.66 bits per heavy atom. The van der Waals surface area contributed by atoms with Crippen LogP contribution in [0.5, 0.6) is 0 Å². The standard InChI is InChI=1S/C23H19FN2O3/c1-14-20(22(29)26(25-14)17-6-4-3-5-7-17)18-12-19(27)23(2,21(18)28)13-15-8-10-16(24)11-9-15/h3-12,25H,13H2,1-2H3/t23-/m1/s1. The molecule has 0 radical (unpaired) electrons. The molecule has 0 bridgehead atoms. The Labute approximate surface area is 166 Å². The van der Waals surface area contributed by atoms with Crippen LogP contribution >= 0.6 is 0 Å². The number of carbonyl (C=O) groups is 2. The molecule has 3 aromatic rings. The first kappa shape index (κ1) is 18.8. The number of allylic oxidation sites excluding steroid dienone is 2. The van der Waals surface area contributed by atoms with Gasteiger partial charge in [-0.05, 0) is 56.2 Å². The lowest BCUT2D eigenvalue weighted by Crippen LogP contribution is -2.34. The lowest BCUT2D eigenvalue weighted by molar-refractivity contribution is -0.131. The molecular weight excluding hydrogens is 371 g/mol. The Morgan fingerprint density at radius 1 is 1.00 bits per heavy atom. The predicted octanol–water partition coefficient (Wildman–Crippen LogP) is 3.40. The number of Topliss-reactive ketones (excluding diaryl/α,β-unsaturated/α-hetero) is 1. The summed E-state index contributed by atoms with van der Waals surface area (Å²) in [6.07, 6.45) is 1.40. The summed E-state index contributed by atoms with van der Waals surface area (Å²) < 4.78 is 14.5. The average molecular weight is 390 g/mol. The molecule has 1 aliphatic carbocycles. The molecule has 0 saturated carbocycles. The fourth-order valence-electron chi connectivity index (χ4n) is 3.75. The number of carbonyl (C=O) groups excluding carboxylic acids is 2. The Kier molecular flexibility index (Phi) is 4.42. The van der Waals surface area contributed by atoms with Crippen molar-refractivity contribution in [1.29, 1.82) is 0 Å². The molecule has 0 unspecified atom stereocenters. The molecule has 1 aromatic heterocycles. The second kappa shape index (κ2) is 6.81. The van der Waals surface area contributed by atoms with Gasteiger partial charge in [0.05, 0.1) is 16.7 Å². The summed E-state index contributed by atoms with van der Waals surface area (Å²) in [6.45, 7) is 3.27. The van der Waals surface area contributed by atoms with Crippen molar-refractivity contribution in [2.75, 3.05) is 0 Å². The average Bonchev–Trinajstić information content (AvgIpc) is 3.12. The lowest BCUT2D eigenvalue weighted by Gasteiger charge is -2.21. The molecule has 1 aliphatic rings. The van der Waals surface area contributed by atoms with Crippen molar-refractivity contribution >= 4 is 17.1 Å². The second-order valence-corrected chi connectivity index (χ2v) is 7.47. The zero-order valence-electron chi connectivity index (χ0n) is 16.0. The smallest absolute Gasteiger partial charge is 0.279 e. The van der Waals surface area contributed by atoms with Gasteiger partial charge in [-0.1, -0.05) is 30.3 Å². The highest BCUT2D eigenvalue weighted by Gasteiger charge is 2.47. The van der Waals surface area contributed by atoms with E-state index in [0.29, 0.717) is 16.9 Å². The quantitative estimate of drug-likeness (QED) is 0.694. The van der Waals surface area contributed by atoms with Gasteiger partial charge < -0.3 is 0 Å². The van der Waals surface area contributed by atoms with Crippen molar-refractivity contribution in [3.8, 4) is 5.69 Å². The van der Waals surface area contributed by atoms with Crippen LogP contribution in [0.25, 0.3) is 11.3 Å². The van der Waals surface area contributed by atoms with Crippen LogP contribution in [0, 0.1) is 18.2 Å². The number of aryl methyl sites for hydroxylation is 1. The van der Waals surface area contributed by atoms with Crippen LogP contribution < -0.4 is 5.56 Å². The number of halogens is 1. The van der Waals surface area contributed by atoms with Crippen LogP contribution in [0.1, 0.15) is 23.7 Å². The van der Waals surface area contributed by atoms with Crippen LogP contribution in [0.4, 0.5) is 4.39 Å². The Hall–Kier alpha value is -3.54. The molecule has 1 atom stereocenters. The van der Waals surface area contributed by atoms with Gasteiger partial charge in [0.1, 0.15) is 5.82 Å². The van der Waals surface area contributed by atoms with Crippen LogP contribution in [0.3, 0.4) is 0 Å². The fraction of sp³-hybridized carbons (Fsp3) is 0.174. The van der Waals surface area contributed by atoms with Gasteiger partial charge in [0.15, 0.2) is 11.6 Å². The highest BCUT2D eigenvalue weighted by atomic mass is 19.1. The minimum Gasteiger partial charge on any atom is -0.295 e. The molecular formula is C23H19FN2O3. The molecule has 146 valence electrons. The molecule has 6 heteroatoms. The van der Waals surface area contributed by atoms with Crippen LogP contribution in [0.15, 0.2) is 65.5 Å². The predicted molar refractivity (Wildman–Crippen MR) is 107 cm³/mol. The number of para-hydroxylation sites is 1. The van der Waals surface area contributed by atoms with Crippen molar-refractivity contribution in [3.63, 3.8) is 0 Å². The van der Waals surface area contributed by atoms with E-state index in [1.54, 1.807) is 50.2 Å². The Balaban J connectivity index is 1.72. The van der Waals surface area contributed by atoms with E-state index in [9.17, 15) is 18.8 Å². The van der Waals surface area contributed by atoms with Crippen LogP contribution in [-0.2, 0) is 16.0 Å². The summed E-state index contributed by atoms with van der Waals surface area (Å²) in [5.41, 5.74) is 0.449. The van der Waals surface area contributed by atoms with E-state index in [1.165, 1.54) is 22.9 Å². The summed E-state index contributed by atoms with van der Waals surface area (Å²) in [7, 11) is 0. The largest absolute Gasteiger partial charge is 0.295 e. The summed E-state index contributed by atoms with van der Waals surface area (Å²) in [5.74, 6) is -1.13. The van der Waals surface area contributed by atoms with Gasteiger partial charge >= 0.3 is 0 Å². The second-order valence-electron chi connectivity index (χ2n) is 7.47. The van der Waals surface area contributed by atoms with Gasteiger partial charge in [-0.2, -0.15) is 0 Å². The van der Waals surface area contributed by atoms with Crippen LogP contribution in [-0.4, -0.2) is 21.3 Å². The number of ketones is 2. The minimum absolute atomic E-state index is 0.119. The highest BCUT2D eigenvalue weighted by molar-refractivity contribution is 6.39. The minimum atomic E-state index is -1.32. The van der Waals surface area contributed by atoms with E-state index in [-0.39, 0.29) is 34.7 Å². The number of aromatic nitrogens is 2. The van der Waals surface area contributed by atoms with E-state index >= 15 is 0 Å². The summed E-state index contributed by atoms with van der Waals surface area (Å²) in [4.78, 5) is 39.0. The van der Waals surface area contributed by atoms with E-state index in [0.717, 1.165) is 0 Å². The van der Waals surface area contributed by atoms with Crippen molar-refractivity contribution in [1.82, 2.24) is 9.78 Å².